The molecule has 1 saturated heterocycles. The van der Waals surface area contributed by atoms with Gasteiger partial charge in [-0.3, -0.25) is 9.59 Å². The predicted octanol–water partition coefficient (Wildman–Crippen LogP) is 1.58. The van der Waals surface area contributed by atoms with Gasteiger partial charge in [0, 0.05) is 24.6 Å². The summed E-state index contributed by atoms with van der Waals surface area (Å²) in [6, 6.07) is 5.19. The first-order valence-corrected chi connectivity index (χ1v) is 7.39. The number of ketones is 1. The highest BCUT2D eigenvalue weighted by molar-refractivity contribution is 7.99. The number of thioether (sulfide) groups is 1. The Hall–Kier alpha value is -2.00. The molecule has 6 heteroatoms. The van der Waals surface area contributed by atoms with E-state index in [1.165, 1.54) is 18.4 Å². The van der Waals surface area contributed by atoms with Crippen LogP contribution in [0, 0.1) is 17.2 Å². The van der Waals surface area contributed by atoms with Crippen molar-refractivity contribution in [3.05, 3.63) is 30.2 Å². The molecular weight excluding hydrogens is 276 g/mol. The van der Waals surface area contributed by atoms with Gasteiger partial charge in [-0.25, -0.2) is 0 Å². The van der Waals surface area contributed by atoms with E-state index in [9.17, 15) is 9.59 Å². The molecule has 2 heterocycles. The lowest BCUT2D eigenvalue weighted by molar-refractivity contribution is -0.137. The molecular formula is C14H14N2O3S. The molecule has 1 aliphatic heterocycles. The average molecular weight is 290 g/mol. The van der Waals surface area contributed by atoms with Crippen LogP contribution in [-0.2, 0) is 9.59 Å². The second kappa shape index (κ2) is 6.96. The fourth-order valence-corrected chi connectivity index (χ4v) is 2.76. The summed E-state index contributed by atoms with van der Waals surface area (Å²) in [5, 5.41) is 9.07. The number of allylic oxidation sites excluding steroid dienone is 1. The number of amides is 1. The quantitative estimate of drug-likeness (QED) is 0.621. The third-order valence-electron chi connectivity index (χ3n) is 2.94. The van der Waals surface area contributed by atoms with Gasteiger partial charge in [-0.2, -0.15) is 17.0 Å². The van der Waals surface area contributed by atoms with Crippen molar-refractivity contribution in [1.82, 2.24) is 4.90 Å². The van der Waals surface area contributed by atoms with Gasteiger partial charge in [-0.05, 0) is 24.3 Å². The topological polar surface area (TPSA) is 74.3 Å². The maximum atomic E-state index is 12.1. The van der Waals surface area contributed by atoms with Gasteiger partial charge in [0.15, 0.2) is 11.7 Å². The first kappa shape index (κ1) is 14.4. The van der Waals surface area contributed by atoms with Crippen molar-refractivity contribution in [3.63, 3.8) is 0 Å². The fraction of sp³-hybridized carbons (Fsp3) is 0.357. The van der Waals surface area contributed by atoms with E-state index in [4.69, 9.17) is 9.68 Å². The van der Waals surface area contributed by atoms with Crippen molar-refractivity contribution in [1.29, 1.82) is 5.26 Å². The number of carbonyl (C=O) groups excluding carboxylic acids is 2. The van der Waals surface area contributed by atoms with Gasteiger partial charge >= 0.3 is 0 Å². The first-order chi connectivity index (χ1) is 9.72. The third kappa shape index (κ3) is 3.52. The first-order valence-electron chi connectivity index (χ1n) is 6.24. The lowest BCUT2D eigenvalue weighted by Crippen LogP contribution is -2.43. The molecule has 0 aliphatic carbocycles. The van der Waals surface area contributed by atoms with Crippen molar-refractivity contribution in [2.24, 2.45) is 5.92 Å². The molecule has 1 atom stereocenters. The van der Waals surface area contributed by atoms with E-state index in [1.807, 2.05) is 0 Å². The number of furan rings is 1. The zero-order valence-electron chi connectivity index (χ0n) is 10.8. The molecule has 0 N–H and O–H groups in total. The Morgan fingerprint density at radius 1 is 1.45 bits per heavy atom. The molecule has 0 saturated carbocycles. The second-order valence-corrected chi connectivity index (χ2v) is 5.48. The Kier molecular flexibility index (Phi) is 5.02. The van der Waals surface area contributed by atoms with Gasteiger partial charge in [0.05, 0.1) is 12.3 Å². The number of nitrogens with zero attached hydrogens (tertiary/aromatic N) is 2. The standard InChI is InChI=1S/C14H14N2O3S/c15-10-12(14(18)16-5-8-20-9-6-16)13(17)4-3-11-2-1-7-19-11/h1-4,7,12H,5-6,8-9H2/b4-3+. The van der Waals surface area contributed by atoms with E-state index in [2.05, 4.69) is 0 Å². The summed E-state index contributed by atoms with van der Waals surface area (Å²) < 4.78 is 5.05. The molecule has 1 unspecified atom stereocenters. The zero-order valence-corrected chi connectivity index (χ0v) is 11.6. The van der Waals surface area contributed by atoms with Crippen LogP contribution in [0.15, 0.2) is 28.9 Å². The molecule has 0 bridgehead atoms. The lowest BCUT2D eigenvalue weighted by Gasteiger charge is -2.27. The molecule has 20 heavy (non-hydrogen) atoms. The third-order valence-corrected chi connectivity index (χ3v) is 3.88. The van der Waals surface area contributed by atoms with Crippen LogP contribution in [0.25, 0.3) is 6.08 Å². The van der Waals surface area contributed by atoms with Crippen molar-refractivity contribution in [2.45, 2.75) is 0 Å². The van der Waals surface area contributed by atoms with Crippen LogP contribution < -0.4 is 0 Å². The molecule has 1 aromatic rings. The molecule has 5 nitrogen and oxygen atoms in total. The summed E-state index contributed by atoms with van der Waals surface area (Å²) in [6.45, 7) is 1.19. The summed E-state index contributed by atoms with van der Waals surface area (Å²) in [7, 11) is 0. The van der Waals surface area contributed by atoms with Gasteiger partial charge in [0.2, 0.25) is 5.91 Å². The Balaban J connectivity index is 2.01. The number of carbonyl (C=O) groups is 2. The smallest absolute Gasteiger partial charge is 0.247 e. The highest BCUT2D eigenvalue weighted by Gasteiger charge is 2.29. The molecule has 1 amide bonds. The number of nitriles is 1. The minimum Gasteiger partial charge on any atom is -0.465 e. The van der Waals surface area contributed by atoms with Gasteiger partial charge in [-0.15, -0.1) is 0 Å². The SMILES string of the molecule is N#CC(C(=O)/C=C/c1ccco1)C(=O)N1CCSCC1. The highest BCUT2D eigenvalue weighted by atomic mass is 32.2. The minimum atomic E-state index is -1.26. The monoisotopic (exact) mass is 290 g/mol. The van der Waals surface area contributed by atoms with Crippen molar-refractivity contribution < 1.29 is 14.0 Å². The van der Waals surface area contributed by atoms with E-state index in [-0.39, 0.29) is 0 Å². The Morgan fingerprint density at radius 3 is 2.80 bits per heavy atom. The van der Waals surface area contributed by atoms with Crippen LogP contribution in [0.5, 0.6) is 0 Å². The van der Waals surface area contributed by atoms with E-state index < -0.39 is 17.6 Å². The molecule has 1 aromatic heterocycles. The lowest BCUT2D eigenvalue weighted by atomic mass is 10.0. The number of rotatable bonds is 4. The van der Waals surface area contributed by atoms with E-state index in [0.717, 1.165) is 11.5 Å². The van der Waals surface area contributed by atoms with Crippen molar-refractivity contribution >= 4 is 29.5 Å². The summed E-state index contributed by atoms with van der Waals surface area (Å²) in [5.41, 5.74) is 0. The summed E-state index contributed by atoms with van der Waals surface area (Å²) >= 11 is 1.76. The van der Waals surface area contributed by atoms with Crippen LogP contribution in [0.2, 0.25) is 0 Å². The molecule has 2 rings (SSSR count). The van der Waals surface area contributed by atoms with E-state index >= 15 is 0 Å². The average Bonchev–Trinajstić information content (AvgIpc) is 3.00. The maximum Gasteiger partial charge on any atom is 0.247 e. The van der Waals surface area contributed by atoms with E-state index in [0.29, 0.717) is 18.8 Å². The Labute approximate surface area is 121 Å². The molecule has 0 aromatic carbocycles. The van der Waals surface area contributed by atoms with Crippen LogP contribution in [-0.4, -0.2) is 41.2 Å². The highest BCUT2D eigenvalue weighted by Crippen LogP contribution is 2.14. The van der Waals surface area contributed by atoms with Crippen LogP contribution in [0.3, 0.4) is 0 Å². The second-order valence-electron chi connectivity index (χ2n) is 4.25. The Morgan fingerprint density at radius 2 is 2.20 bits per heavy atom. The largest absolute Gasteiger partial charge is 0.465 e. The predicted molar refractivity (Wildman–Crippen MR) is 75.8 cm³/mol. The number of hydrogen-bond donors (Lipinski definition) is 0. The van der Waals surface area contributed by atoms with Gasteiger partial charge in [0.1, 0.15) is 5.76 Å². The zero-order chi connectivity index (χ0) is 14.4. The molecule has 104 valence electrons. The Bertz CT molecular complexity index is 539. The normalized spacial score (nSPS) is 16.9. The van der Waals surface area contributed by atoms with Gasteiger partial charge in [0.25, 0.3) is 0 Å². The van der Waals surface area contributed by atoms with Crippen LogP contribution in [0.1, 0.15) is 5.76 Å². The fourth-order valence-electron chi connectivity index (χ4n) is 1.85. The summed E-state index contributed by atoms with van der Waals surface area (Å²) in [5.74, 6) is 0.0378. The summed E-state index contributed by atoms with van der Waals surface area (Å²) in [4.78, 5) is 25.7. The molecule has 0 radical (unpaired) electrons. The minimum absolute atomic E-state index is 0.401. The summed E-state index contributed by atoms with van der Waals surface area (Å²) in [6.07, 6.45) is 4.18. The van der Waals surface area contributed by atoms with Gasteiger partial charge < -0.3 is 9.32 Å². The molecule has 0 spiro atoms. The van der Waals surface area contributed by atoms with E-state index in [1.54, 1.807) is 34.9 Å². The van der Waals surface area contributed by atoms with Crippen molar-refractivity contribution in [2.75, 3.05) is 24.6 Å². The van der Waals surface area contributed by atoms with Crippen LogP contribution >= 0.6 is 11.8 Å². The van der Waals surface area contributed by atoms with Gasteiger partial charge in [-0.1, -0.05) is 0 Å². The van der Waals surface area contributed by atoms with Crippen LogP contribution in [0.4, 0.5) is 0 Å². The van der Waals surface area contributed by atoms with Crippen molar-refractivity contribution in [3.8, 4) is 6.07 Å². The maximum absolute atomic E-state index is 12.1. The molecule has 1 fully saturated rings. The number of hydrogen-bond acceptors (Lipinski definition) is 5. The molecule has 1 aliphatic rings.